The summed E-state index contributed by atoms with van der Waals surface area (Å²) in [5.74, 6) is 1.09. The first-order chi connectivity index (χ1) is 5.33. The Morgan fingerprint density at radius 2 is 2.36 bits per heavy atom. The highest BCUT2D eigenvalue weighted by Gasteiger charge is 2.26. The first-order valence-electron chi connectivity index (χ1n) is 4.00. The van der Waals surface area contributed by atoms with E-state index in [4.69, 9.17) is 4.74 Å². The molecule has 2 nitrogen and oxygen atoms in total. The van der Waals surface area contributed by atoms with Crippen LogP contribution in [0, 0.1) is 0 Å². The average molecular weight is 153 g/mol. The van der Waals surface area contributed by atoms with Crippen molar-refractivity contribution < 1.29 is 4.74 Å². The van der Waals surface area contributed by atoms with Crippen molar-refractivity contribution in [2.45, 2.75) is 26.3 Å². The van der Waals surface area contributed by atoms with Gasteiger partial charge < -0.3 is 10.1 Å². The van der Waals surface area contributed by atoms with Gasteiger partial charge in [0, 0.05) is 0 Å². The molecule has 0 spiro atoms. The maximum absolute atomic E-state index is 5.22. The third-order valence-corrected chi connectivity index (χ3v) is 1.87. The van der Waals surface area contributed by atoms with Crippen LogP contribution in [0.25, 0.3) is 0 Å². The largest absolute Gasteiger partial charge is 0.497 e. The summed E-state index contributed by atoms with van der Waals surface area (Å²) in [6.07, 6.45) is 5.13. The van der Waals surface area contributed by atoms with E-state index in [1.807, 2.05) is 19.1 Å². The lowest BCUT2D eigenvalue weighted by Gasteiger charge is -2.32. The second kappa shape index (κ2) is 3.46. The van der Waals surface area contributed by atoms with Gasteiger partial charge in [0.2, 0.25) is 0 Å². The van der Waals surface area contributed by atoms with Gasteiger partial charge in [0.05, 0.1) is 18.8 Å². The van der Waals surface area contributed by atoms with Crippen LogP contribution in [0.15, 0.2) is 23.6 Å². The Labute approximate surface area is 67.9 Å². The molecule has 2 heteroatoms. The summed E-state index contributed by atoms with van der Waals surface area (Å²) in [6.45, 7) is 4.14. The normalized spacial score (nSPS) is 23.4. The van der Waals surface area contributed by atoms with Gasteiger partial charge in [0.15, 0.2) is 0 Å². The SMILES string of the molecule is C/C=C\C1=C(OC)[C@H](CC)N1. The minimum absolute atomic E-state index is 0.436. The highest BCUT2D eigenvalue weighted by molar-refractivity contribution is 5.33. The molecule has 0 saturated heterocycles. The molecule has 0 aromatic heterocycles. The second-order valence-electron chi connectivity index (χ2n) is 2.59. The number of ether oxygens (including phenoxy) is 1. The van der Waals surface area contributed by atoms with E-state index in [9.17, 15) is 0 Å². The number of nitrogens with one attached hydrogen (secondary N) is 1. The van der Waals surface area contributed by atoms with Crippen molar-refractivity contribution in [1.29, 1.82) is 0 Å². The molecule has 0 aromatic rings. The van der Waals surface area contributed by atoms with Gasteiger partial charge in [0.1, 0.15) is 5.76 Å². The van der Waals surface area contributed by atoms with Crippen molar-refractivity contribution in [2.75, 3.05) is 7.11 Å². The minimum Gasteiger partial charge on any atom is -0.497 e. The Hall–Kier alpha value is -0.920. The molecule has 11 heavy (non-hydrogen) atoms. The van der Waals surface area contributed by atoms with Crippen LogP contribution in [0.5, 0.6) is 0 Å². The van der Waals surface area contributed by atoms with Gasteiger partial charge in [-0.1, -0.05) is 13.0 Å². The molecule has 0 fully saturated rings. The van der Waals surface area contributed by atoms with Crippen LogP contribution in [-0.4, -0.2) is 13.2 Å². The van der Waals surface area contributed by atoms with Gasteiger partial charge in [-0.2, -0.15) is 0 Å². The summed E-state index contributed by atoms with van der Waals surface area (Å²) in [5, 5.41) is 3.30. The average Bonchev–Trinajstić information content (AvgIpc) is 1.98. The summed E-state index contributed by atoms with van der Waals surface area (Å²) in [4.78, 5) is 0. The Balaban J connectivity index is 2.65. The first kappa shape index (κ1) is 8.18. The monoisotopic (exact) mass is 153 g/mol. The Kier molecular flexibility index (Phi) is 2.58. The van der Waals surface area contributed by atoms with E-state index in [1.165, 1.54) is 0 Å². The summed E-state index contributed by atoms with van der Waals surface area (Å²) in [5.41, 5.74) is 1.13. The zero-order valence-corrected chi connectivity index (χ0v) is 7.35. The summed E-state index contributed by atoms with van der Waals surface area (Å²) < 4.78 is 5.22. The molecule has 0 aliphatic carbocycles. The minimum atomic E-state index is 0.436. The van der Waals surface area contributed by atoms with Crippen molar-refractivity contribution in [1.82, 2.24) is 5.32 Å². The van der Waals surface area contributed by atoms with Crippen molar-refractivity contribution in [3.05, 3.63) is 23.6 Å². The zero-order valence-electron chi connectivity index (χ0n) is 7.35. The number of allylic oxidation sites excluding steroid dienone is 2. The van der Waals surface area contributed by atoms with Gasteiger partial charge in [-0.3, -0.25) is 0 Å². The van der Waals surface area contributed by atoms with Crippen molar-refractivity contribution in [3.8, 4) is 0 Å². The third kappa shape index (κ3) is 1.39. The van der Waals surface area contributed by atoms with Crippen LogP contribution in [-0.2, 0) is 4.74 Å². The molecule has 1 aliphatic heterocycles. The third-order valence-electron chi connectivity index (χ3n) is 1.87. The van der Waals surface area contributed by atoms with Gasteiger partial charge in [-0.05, 0) is 19.4 Å². The zero-order chi connectivity index (χ0) is 8.27. The number of hydrogen-bond donors (Lipinski definition) is 1. The molecule has 1 N–H and O–H groups in total. The number of methoxy groups -OCH3 is 1. The summed E-state index contributed by atoms with van der Waals surface area (Å²) in [6, 6.07) is 0.436. The lowest BCUT2D eigenvalue weighted by atomic mass is 10.0. The lowest BCUT2D eigenvalue weighted by molar-refractivity contribution is 0.219. The second-order valence-corrected chi connectivity index (χ2v) is 2.59. The molecule has 1 aliphatic rings. The van der Waals surface area contributed by atoms with E-state index in [2.05, 4.69) is 12.2 Å². The van der Waals surface area contributed by atoms with E-state index in [-0.39, 0.29) is 0 Å². The number of hydrogen-bond acceptors (Lipinski definition) is 2. The quantitative estimate of drug-likeness (QED) is 0.667. The number of rotatable bonds is 3. The van der Waals surface area contributed by atoms with E-state index < -0.39 is 0 Å². The standard InChI is InChI=1S/C9H15NO/c1-4-6-8-9(11-3)7(5-2)10-8/h4,6-7,10H,5H2,1-3H3/b6-4-/t7-/m0/s1. The van der Waals surface area contributed by atoms with Crippen LogP contribution in [0.1, 0.15) is 20.3 Å². The van der Waals surface area contributed by atoms with E-state index in [0.29, 0.717) is 6.04 Å². The Bertz CT molecular complexity index is 194. The molecule has 0 amide bonds. The fraction of sp³-hybridized carbons (Fsp3) is 0.556. The van der Waals surface area contributed by atoms with Gasteiger partial charge in [-0.15, -0.1) is 0 Å². The van der Waals surface area contributed by atoms with E-state index in [1.54, 1.807) is 7.11 Å². The van der Waals surface area contributed by atoms with Crippen LogP contribution >= 0.6 is 0 Å². The first-order valence-corrected chi connectivity index (χ1v) is 4.00. The predicted molar refractivity (Wildman–Crippen MR) is 46.1 cm³/mol. The predicted octanol–water partition coefficient (Wildman–Crippen LogP) is 1.80. The maximum atomic E-state index is 5.22. The molecular weight excluding hydrogens is 138 g/mol. The van der Waals surface area contributed by atoms with Gasteiger partial charge in [-0.25, -0.2) is 0 Å². The molecule has 1 rings (SSSR count). The maximum Gasteiger partial charge on any atom is 0.141 e. The van der Waals surface area contributed by atoms with Crippen LogP contribution in [0.3, 0.4) is 0 Å². The van der Waals surface area contributed by atoms with E-state index >= 15 is 0 Å². The lowest BCUT2D eigenvalue weighted by Crippen LogP contribution is -2.41. The Morgan fingerprint density at radius 1 is 1.64 bits per heavy atom. The fourth-order valence-corrected chi connectivity index (χ4v) is 1.27. The highest BCUT2D eigenvalue weighted by Crippen LogP contribution is 2.22. The molecular formula is C9H15NO. The van der Waals surface area contributed by atoms with Crippen LogP contribution < -0.4 is 5.32 Å². The Morgan fingerprint density at radius 3 is 2.82 bits per heavy atom. The van der Waals surface area contributed by atoms with Crippen molar-refractivity contribution >= 4 is 0 Å². The van der Waals surface area contributed by atoms with Gasteiger partial charge in [0.25, 0.3) is 0 Å². The molecule has 0 radical (unpaired) electrons. The highest BCUT2D eigenvalue weighted by atomic mass is 16.5. The molecule has 0 unspecified atom stereocenters. The molecule has 0 saturated carbocycles. The topological polar surface area (TPSA) is 21.3 Å². The molecule has 0 bridgehead atoms. The molecule has 0 aromatic carbocycles. The van der Waals surface area contributed by atoms with Crippen LogP contribution in [0.2, 0.25) is 0 Å². The molecule has 1 atom stereocenters. The molecule has 62 valence electrons. The van der Waals surface area contributed by atoms with Crippen molar-refractivity contribution in [3.63, 3.8) is 0 Å². The van der Waals surface area contributed by atoms with E-state index in [0.717, 1.165) is 17.9 Å². The van der Waals surface area contributed by atoms with Crippen molar-refractivity contribution in [2.24, 2.45) is 0 Å². The fourth-order valence-electron chi connectivity index (χ4n) is 1.27. The smallest absolute Gasteiger partial charge is 0.141 e. The summed E-state index contributed by atoms with van der Waals surface area (Å²) in [7, 11) is 1.72. The summed E-state index contributed by atoms with van der Waals surface area (Å²) >= 11 is 0. The van der Waals surface area contributed by atoms with Gasteiger partial charge >= 0.3 is 0 Å². The molecule has 1 heterocycles. The van der Waals surface area contributed by atoms with Crippen LogP contribution in [0.4, 0.5) is 0 Å².